The van der Waals surface area contributed by atoms with Crippen LogP contribution in [0, 0.1) is 17.5 Å². The smallest absolute Gasteiger partial charge is 0.357 e. The van der Waals surface area contributed by atoms with Gasteiger partial charge in [0, 0.05) is 17.5 Å². The molecule has 1 heterocycles. The lowest BCUT2D eigenvalue weighted by atomic mass is 10.3. The van der Waals surface area contributed by atoms with E-state index in [1.54, 1.807) is 6.92 Å². The third kappa shape index (κ3) is 3.08. The molecule has 20 heavy (non-hydrogen) atoms. The summed E-state index contributed by atoms with van der Waals surface area (Å²) < 4.78 is 44.0. The van der Waals surface area contributed by atoms with Gasteiger partial charge >= 0.3 is 5.97 Å². The predicted octanol–water partition coefficient (Wildman–Crippen LogP) is 3.48. The minimum Gasteiger partial charge on any atom is -0.461 e. The maximum absolute atomic E-state index is 13.4. The number of ether oxygens (including phenoxy) is 1. The van der Waals surface area contributed by atoms with Gasteiger partial charge in [0.2, 0.25) is 0 Å². The molecule has 0 spiro atoms. The van der Waals surface area contributed by atoms with Crippen molar-refractivity contribution in [2.24, 2.45) is 0 Å². The van der Waals surface area contributed by atoms with Crippen molar-refractivity contribution < 1.29 is 22.7 Å². The zero-order valence-corrected chi connectivity index (χ0v) is 11.1. The van der Waals surface area contributed by atoms with Gasteiger partial charge in [0.05, 0.1) is 12.3 Å². The van der Waals surface area contributed by atoms with Gasteiger partial charge in [-0.15, -0.1) is 11.3 Å². The number of benzene rings is 1. The zero-order valence-electron chi connectivity index (χ0n) is 10.2. The monoisotopic (exact) mass is 302 g/mol. The van der Waals surface area contributed by atoms with Crippen molar-refractivity contribution in [3.05, 3.63) is 40.7 Å². The van der Waals surface area contributed by atoms with E-state index in [2.05, 4.69) is 10.3 Å². The standard InChI is InChI=1S/C12H9F3N2O2S/c1-2-19-11(18)10-5-20-12(17-10)16-9-4-7(14)6(13)3-8(9)15/h3-5H,2H2,1H3,(H,16,17). The number of anilines is 2. The molecule has 2 rings (SSSR count). The second-order valence-corrected chi connectivity index (χ2v) is 4.49. The first-order chi connectivity index (χ1) is 9.51. The molecule has 1 aromatic carbocycles. The summed E-state index contributed by atoms with van der Waals surface area (Å²) in [4.78, 5) is 15.3. The number of nitrogens with zero attached hydrogens (tertiary/aromatic N) is 1. The fourth-order valence-corrected chi connectivity index (χ4v) is 2.06. The van der Waals surface area contributed by atoms with Crippen molar-refractivity contribution in [3.8, 4) is 0 Å². The van der Waals surface area contributed by atoms with Crippen LogP contribution in [0.2, 0.25) is 0 Å². The van der Waals surface area contributed by atoms with Crippen molar-refractivity contribution >= 4 is 28.1 Å². The highest BCUT2D eigenvalue weighted by Gasteiger charge is 2.14. The van der Waals surface area contributed by atoms with Crippen LogP contribution in [0.1, 0.15) is 17.4 Å². The number of carbonyl (C=O) groups excluding carboxylic acids is 1. The lowest BCUT2D eigenvalue weighted by molar-refractivity contribution is 0.0520. The second kappa shape index (κ2) is 5.91. The molecule has 1 N–H and O–H groups in total. The third-order valence-corrected chi connectivity index (χ3v) is 3.00. The van der Waals surface area contributed by atoms with Gasteiger partial charge < -0.3 is 10.1 Å². The number of hydrogen-bond donors (Lipinski definition) is 1. The molecular weight excluding hydrogens is 293 g/mol. The highest BCUT2D eigenvalue weighted by Crippen LogP contribution is 2.25. The minimum atomic E-state index is -1.28. The van der Waals surface area contributed by atoms with Crippen molar-refractivity contribution in [1.82, 2.24) is 4.98 Å². The third-order valence-electron chi connectivity index (χ3n) is 2.24. The van der Waals surface area contributed by atoms with Gasteiger partial charge in [0.25, 0.3) is 0 Å². The summed E-state index contributed by atoms with van der Waals surface area (Å²) in [7, 11) is 0. The zero-order chi connectivity index (χ0) is 14.7. The fourth-order valence-electron chi connectivity index (χ4n) is 1.36. The van der Waals surface area contributed by atoms with Crippen LogP contribution in [0.3, 0.4) is 0 Å². The summed E-state index contributed by atoms with van der Waals surface area (Å²) in [6.07, 6.45) is 0. The Kier molecular flexibility index (Phi) is 4.23. The van der Waals surface area contributed by atoms with E-state index in [0.717, 1.165) is 11.3 Å². The van der Waals surface area contributed by atoms with E-state index in [4.69, 9.17) is 4.74 Å². The second-order valence-electron chi connectivity index (χ2n) is 3.63. The number of aromatic nitrogens is 1. The summed E-state index contributed by atoms with van der Waals surface area (Å²) in [5.41, 5.74) is -0.212. The Morgan fingerprint density at radius 3 is 2.70 bits per heavy atom. The summed E-state index contributed by atoms with van der Waals surface area (Å²) in [5.74, 6) is -4.03. The van der Waals surface area contributed by atoms with Crippen molar-refractivity contribution in [3.63, 3.8) is 0 Å². The average molecular weight is 302 g/mol. The van der Waals surface area contributed by atoms with Crippen LogP contribution in [0.5, 0.6) is 0 Å². The van der Waals surface area contributed by atoms with Crippen LogP contribution in [0.15, 0.2) is 17.5 Å². The summed E-state index contributed by atoms with van der Waals surface area (Å²) >= 11 is 1.01. The molecule has 0 fully saturated rings. The fraction of sp³-hybridized carbons (Fsp3) is 0.167. The molecule has 0 atom stereocenters. The molecule has 0 amide bonds. The van der Waals surface area contributed by atoms with E-state index < -0.39 is 23.4 Å². The normalized spacial score (nSPS) is 10.4. The summed E-state index contributed by atoms with van der Waals surface area (Å²) in [6.45, 7) is 1.86. The average Bonchev–Trinajstić information content (AvgIpc) is 2.85. The molecule has 8 heteroatoms. The number of rotatable bonds is 4. The van der Waals surface area contributed by atoms with Gasteiger partial charge in [0.15, 0.2) is 22.5 Å². The Morgan fingerprint density at radius 2 is 2.00 bits per heavy atom. The number of thiazole rings is 1. The van der Waals surface area contributed by atoms with Crippen LogP contribution >= 0.6 is 11.3 Å². The van der Waals surface area contributed by atoms with Crippen LogP contribution < -0.4 is 5.32 Å². The Bertz CT molecular complexity index is 646. The van der Waals surface area contributed by atoms with Crippen LogP contribution in [0.25, 0.3) is 0 Å². The Hall–Kier alpha value is -2.09. The Balaban J connectivity index is 2.19. The molecule has 0 aliphatic heterocycles. The molecule has 0 aliphatic carbocycles. The highest BCUT2D eigenvalue weighted by molar-refractivity contribution is 7.14. The van der Waals surface area contributed by atoms with Crippen molar-refractivity contribution in [2.75, 3.05) is 11.9 Å². The largest absolute Gasteiger partial charge is 0.461 e. The SMILES string of the molecule is CCOC(=O)c1csc(Nc2cc(F)c(F)cc2F)n1. The first-order valence-corrected chi connectivity index (χ1v) is 6.43. The highest BCUT2D eigenvalue weighted by atomic mass is 32.1. The molecule has 0 unspecified atom stereocenters. The Labute approximate surface area is 116 Å². The van der Waals surface area contributed by atoms with Gasteiger partial charge in [-0.1, -0.05) is 0 Å². The number of carbonyl (C=O) groups is 1. The number of halogens is 3. The number of nitrogens with one attached hydrogen (secondary N) is 1. The van der Waals surface area contributed by atoms with Gasteiger partial charge in [0.1, 0.15) is 5.82 Å². The molecule has 0 bridgehead atoms. The van der Waals surface area contributed by atoms with E-state index in [1.807, 2.05) is 0 Å². The molecule has 0 saturated carbocycles. The van der Waals surface area contributed by atoms with Crippen molar-refractivity contribution in [2.45, 2.75) is 6.92 Å². The van der Waals surface area contributed by atoms with E-state index in [0.29, 0.717) is 12.1 Å². The van der Waals surface area contributed by atoms with E-state index in [1.165, 1.54) is 5.38 Å². The van der Waals surface area contributed by atoms with E-state index >= 15 is 0 Å². The van der Waals surface area contributed by atoms with E-state index in [-0.39, 0.29) is 23.1 Å². The van der Waals surface area contributed by atoms with Gasteiger partial charge in [-0.2, -0.15) is 0 Å². The summed E-state index contributed by atoms with van der Waals surface area (Å²) in [5, 5.41) is 4.06. The van der Waals surface area contributed by atoms with Crippen LogP contribution in [0.4, 0.5) is 24.0 Å². The first-order valence-electron chi connectivity index (χ1n) is 5.55. The first kappa shape index (κ1) is 14.3. The van der Waals surface area contributed by atoms with Crippen LogP contribution in [-0.2, 0) is 4.74 Å². The maximum Gasteiger partial charge on any atom is 0.357 e. The molecule has 2 aromatic rings. The number of hydrogen-bond acceptors (Lipinski definition) is 5. The van der Waals surface area contributed by atoms with Gasteiger partial charge in [-0.3, -0.25) is 0 Å². The molecule has 1 aromatic heterocycles. The van der Waals surface area contributed by atoms with E-state index in [9.17, 15) is 18.0 Å². The maximum atomic E-state index is 13.4. The molecule has 0 radical (unpaired) electrons. The molecule has 4 nitrogen and oxygen atoms in total. The summed E-state index contributed by atoms with van der Waals surface area (Å²) in [6, 6.07) is 1.10. The van der Waals surface area contributed by atoms with Gasteiger partial charge in [-0.25, -0.2) is 22.9 Å². The van der Waals surface area contributed by atoms with Crippen molar-refractivity contribution in [1.29, 1.82) is 0 Å². The Morgan fingerprint density at radius 1 is 1.30 bits per heavy atom. The molecular formula is C12H9F3N2O2S. The van der Waals surface area contributed by atoms with Crippen LogP contribution in [-0.4, -0.2) is 17.6 Å². The quantitative estimate of drug-likeness (QED) is 0.694. The molecule has 106 valence electrons. The lowest BCUT2D eigenvalue weighted by Crippen LogP contribution is -2.05. The topological polar surface area (TPSA) is 51.2 Å². The lowest BCUT2D eigenvalue weighted by Gasteiger charge is -2.04. The number of esters is 1. The predicted molar refractivity (Wildman–Crippen MR) is 67.7 cm³/mol. The van der Waals surface area contributed by atoms with Gasteiger partial charge in [-0.05, 0) is 6.92 Å². The molecule has 0 aliphatic rings. The molecule has 0 saturated heterocycles. The minimum absolute atomic E-state index is 0.0577.